The van der Waals surface area contributed by atoms with E-state index in [1.54, 1.807) is 7.11 Å². The van der Waals surface area contributed by atoms with Crippen molar-refractivity contribution in [1.82, 2.24) is 5.32 Å². The van der Waals surface area contributed by atoms with Gasteiger partial charge in [0.2, 0.25) is 0 Å². The van der Waals surface area contributed by atoms with E-state index in [1.807, 2.05) is 0 Å². The lowest BCUT2D eigenvalue weighted by atomic mass is 9.87. The van der Waals surface area contributed by atoms with Gasteiger partial charge in [0.05, 0.1) is 7.11 Å². The number of aryl methyl sites for hydroxylation is 1. The molecule has 1 aromatic carbocycles. The van der Waals surface area contributed by atoms with Crippen LogP contribution in [-0.4, -0.2) is 20.2 Å². The Kier molecular flexibility index (Phi) is 5.49. The molecule has 2 heteroatoms. The molecule has 1 rings (SSSR count). The Morgan fingerprint density at radius 1 is 1.29 bits per heavy atom. The molecule has 0 bridgehead atoms. The fourth-order valence-electron chi connectivity index (χ4n) is 2.06. The fourth-order valence-corrected chi connectivity index (χ4v) is 2.06. The number of rotatable bonds is 6. The van der Waals surface area contributed by atoms with Crippen LogP contribution < -0.4 is 10.1 Å². The zero-order valence-corrected chi connectivity index (χ0v) is 11.7. The Balaban J connectivity index is 2.86. The van der Waals surface area contributed by atoms with Crippen molar-refractivity contribution in [3.8, 4) is 5.75 Å². The van der Waals surface area contributed by atoms with Gasteiger partial charge in [0.1, 0.15) is 5.75 Å². The first-order valence-corrected chi connectivity index (χ1v) is 6.45. The average molecular weight is 235 g/mol. The minimum absolute atomic E-state index is 0.504. The summed E-state index contributed by atoms with van der Waals surface area (Å²) in [5.74, 6) is 2.11. The highest BCUT2D eigenvalue weighted by molar-refractivity contribution is 5.39. The van der Waals surface area contributed by atoms with Gasteiger partial charge in [-0.05, 0) is 43.5 Å². The zero-order valence-electron chi connectivity index (χ0n) is 11.7. The number of hydrogen-bond donors (Lipinski definition) is 1. The van der Waals surface area contributed by atoms with E-state index < -0.39 is 0 Å². The molecule has 0 aromatic heterocycles. The lowest BCUT2D eigenvalue weighted by Crippen LogP contribution is -2.24. The Hall–Kier alpha value is -1.02. The fraction of sp³-hybridized carbons (Fsp3) is 0.600. The largest absolute Gasteiger partial charge is 0.496 e. The molecule has 96 valence electrons. The topological polar surface area (TPSA) is 21.3 Å². The summed E-state index contributed by atoms with van der Waals surface area (Å²) in [7, 11) is 1.75. The predicted octanol–water partition coefficient (Wildman–Crippen LogP) is 3.35. The van der Waals surface area contributed by atoms with Crippen LogP contribution >= 0.6 is 0 Å². The van der Waals surface area contributed by atoms with Crippen molar-refractivity contribution in [1.29, 1.82) is 0 Å². The average Bonchev–Trinajstić information content (AvgIpc) is 2.34. The van der Waals surface area contributed by atoms with Gasteiger partial charge in [-0.3, -0.25) is 0 Å². The first kappa shape index (κ1) is 14.0. The van der Waals surface area contributed by atoms with Crippen LogP contribution in [0.3, 0.4) is 0 Å². The minimum atomic E-state index is 0.504. The molecule has 0 aliphatic rings. The molecule has 2 nitrogen and oxygen atoms in total. The van der Waals surface area contributed by atoms with Gasteiger partial charge in [0, 0.05) is 0 Å². The Morgan fingerprint density at radius 3 is 2.59 bits per heavy atom. The highest BCUT2D eigenvalue weighted by Crippen LogP contribution is 2.32. The quantitative estimate of drug-likeness (QED) is 0.816. The molecule has 0 aliphatic heterocycles. The molecule has 0 fully saturated rings. The van der Waals surface area contributed by atoms with E-state index in [9.17, 15) is 0 Å². The van der Waals surface area contributed by atoms with Crippen LogP contribution in [-0.2, 0) is 0 Å². The van der Waals surface area contributed by atoms with Gasteiger partial charge in [-0.25, -0.2) is 0 Å². The molecule has 0 heterocycles. The molecule has 1 N–H and O–H groups in total. The van der Waals surface area contributed by atoms with Crippen LogP contribution in [0.4, 0.5) is 0 Å². The lowest BCUT2D eigenvalue weighted by molar-refractivity contribution is 0.390. The molecule has 0 amide bonds. The summed E-state index contributed by atoms with van der Waals surface area (Å²) in [5.41, 5.74) is 2.61. The molecule has 2 atom stereocenters. The number of benzene rings is 1. The SMILES string of the molecule is CCNCC(C)C(C)c1cc(C)ccc1OC. The van der Waals surface area contributed by atoms with Crippen molar-refractivity contribution in [2.24, 2.45) is 5.92 Å². The maximum absolute atomic E-state index is 5.46. The summed E-state index contributed by atoms with van der Waals surface area (Å²) >= 11 is 0. The molecule has 1 aromatic rings. The number of methoxy groups -OCH3 is 1. The molecule has 0 aliphatic carbocycles. The molecule has 0 saturated carbocycles. The van der Waals surface area contributed by atoms with Gasteiger partial charge >= 0.3 is 0 Å². The van der Waals surface area contributed by atoms with E-state index in [0.29, 0.717) is 11.8 Å². The van der Waals surface area contributed by atoms with Crippen LogP contribution in [0, 0.1) is 12.8 Å². The Morgan fingerprint density at radius 2 is 2.00 bits per heavy atom. The second kappa shape index (κ2) is 6.65. The second-order valence-electron chi connectivity index (χ2n) is 4.82. The van der Waals surface area contributed by atoms with Gasteiger partial charge in [-0.1, -0.05) is 38.5 Å². The minimum Gasteiger partial charge on any atom is -0.496 e. The third-order valence-electron chi connectivity index (χ3n) is 3.45. The molecule has 0 radical (unpaired) electrons. The van der Waals surface area contributed by atoms with E-state index in [2.05, 4.69) is 51.2 Å². The molecular formula is C15H25NO. The van der Waals surface area contributed by atoms with E-state index in [-0.39, 0.29) is 0 Å². The predicted molar refractivity (Wildman–Crippen MR) is 73.9 cm³/mol. The van der Waals surface area contributed by atoms with Gasteiger partial charge in [-0.2, -0.15) is 0 Å². The molecule has 0 spiro atoms. The van der Waals surface area contributed by atoms with Gasteiger partial charge in [-0.15, -0.1) is 0 Å². The van der Waals surface area contributed by atoms with Gasteiger partial charge < -0.3 is 10.1 Å². The van der Waals surface area contributed by atoms with Crippen LogP contribution in [0.15, 0.2) is 18.2 Å². The van der Waals surface area contributed by atoms with E-state index >= 15 is 0 Å². The smallest absolute Gasteiger partial charge is 0.122 e. The third kappa shape index (κ3) is 3.74. The van der Waals surface area contributed by atoms with Gasteiger partial charge in [0.15, 0.2) is 0 Å². The maximum Gasteiger partial charge on any atom is 0.122 e. The summed E-state index contributed by atoms with van der Waals surface area (Å²) in [6.45, 7) is 10.9. The van der Waals surface area contributed by atoms with Crippen molar-refractivity contribution < 1.29 is 4.74 Å². The summed E-state index contributed by atoms with van der Waals surface area (Å²) in [6.07, 6.45) is 0. The standard InChI is InChI=1S/C15H25NO/c1-6-16-10-12(3)13(4)14-9-11(2)7-8-15(14)17-5/h7-9,12-13,16H,6,10H2,1-5H3. The zero-order chi connectivity index (χ0) is 12.8. The number of nitrogens with one attached hydrogen (secondary N) is 1. The molecule has 2 unspecified atom stereocenters. The molecular weight excluding hydrogens is 210 g/mol. The van der Waals surface area contributed by atoms with Crippen molar-refractivity contribution in [2.75, 3.05) is 20.2 Å². The molecule has 17 heavy (non-hydrogen) atoms. The number of hydrogen-bond acceptors (Lipinski definition) is 2. The summed E-state index contributed by atoms with van der Waals surface area (Å²) in [5, 5.41) is 3.41. The van der Waals surface area contributed by atoms with E-state index in [4.69, 9.17) is 4.74 Å². The van der Waals surface area contributed by atoms with Crippen molar-refractivity contribution >= 4 is 0 Å². The Labute approximate surface area is 105 Å². The highest BCUT2D eigenvalue weighted by atomic mass is 16.5. The first-order chi connectivity index (χ1) is 8.10. The second-order valence-corrected chi connectivity index (χ2v) is 4.82. The summed E-state index contributed by atoms with van der Waals surface area (Å²) in [4.78, 5) is 0. The van der Waals surface area contributed by atoms with Crippen LogP contribution in [0.2, 0.25) is 0 Å². The number of ether oxygens (including phenoxy) is 1. The van der Waals surface area contributed by atoms with E-state index in [0.717, 1.165) is 18.8 Å². The van der Waals surface area contributed by atoms with Crippen molar-refractivity contribution in [2.45, 2.75) is 33.6 Å². The van der Waals surface area contributed by atoms with E-state index in [1.165, 1.54) is 11.1 Å². The first-order valence-electron chi connectivity index (χ1n) is 6.45. The van der Waals surface area contributed by atoms with Crippen LogP contribution in [0.1, 0.15) is 37.8 Å². The Bertz CT molecular complexity index is 349. The third-order valence-corrected chi connectivity index (χ3v) is 3.45. The molecule has 0 saturated heterocycles. The monoisotopic (exact) mass is 235 g/mol. The van der Waals surface area contributed by atoms with Crippen molar-refractivity contribution in [3.63, 3.8) is 0 Å². The highest BCUT2D eigenvalue weighted by Gasteiger charge is 2.17. The van der Waals surface area contributed by atoms with Crippen LogP contribution in [0.25, 0.3) is 0 Å². The maximum atomic E-state index is 5.46. The van der Waals surface area contributed by atoms with Crippen LogP contribution in [0.5, 0.6) is 5.75 Å². The summed E-state index contributed by atoms with van der Waals surface area (Å²) in [6, 6.07) is 6.41. The van der Waals surface area contributed by atoms with Gasteiger partial charge in [0.25, 0.3) is 0 Å². The van der Waals surface area contributed by atoms with Crippen molar-refractivity contribution in [3.05, 3.63) is 29.3 Å². The normalized spacial score (nSPS) is 14.4. The summed E-state index contributed by atoms with van der Waals surface area (Å²) < 4.78 is 5.46. The lowest BCUT2D eigenvalue weighted by Gasteiger charge is -2.23.